The van der Waals surface area contributed by atoms with Gasteiger partial charge in [0.1, 0.15) is 11.4 Å². The molecule has 0 radical (unpaired) electrons. The Bertz CT molecular complexity index is 936. The number of ether oxygens (including phenoxy) is 1. The second-order valence-electron chi connectivity index (χ2n) is 6.97. The van der Waals surface area contributed by atoms with E-state index in [1.165, 1.54) is 17.8 Å². The van der Waals surface area contributed by atoms with E-state index in [1.54, 1.807) is 7.11 Å². The number of methoxy groups -OCH3 is 1. The molecule has 5 nitrogen and oxygen atoms in total. The second kappa shape index (κ2) is 6.76. The third-order valence-corrected chi connectivity index (χ3v) is 6.06. The Morgan fingerprint density at radius 1 is 1.27 bits per heavy atom. The number of likely N-dealkylation sites (tertiary alicyclic amines) is 1. The molecule has 4 rings (SSSR count). The van der Waals surface area contributed by atoms with Crippen LogP contribution in [0.15, 0.2) is 35.8 Å². The Morgan fingerprint density at radius 3 is 2.77 bits per heavy atom. The first-order chi connectivity index (χ1) is 12.6. The number of rotatable bonds is 3. The van der Waals surface area contributed by atoms with Gasteiger partial charge in [0.15, 0.2) is 4.96 Å². The molecule has 2 unspecified atom stereocenters. The number of benzene rings is 1. The topological polar surface area (TPSA) is 46.8 Å². The first kappa shape index (κ1) is 17.1. The molecule has 3 heterocycles. The Labute approximate surface area is 157 Å². The van der Waals surface area contributed by atoms with Crippen molar-refractivity contribution in [1.29, 1.82) is 0 Å². The zero-order chi connectivity index (χ0) is 18.3. The first-order valence-electron chi connectivity index (χ1n) is 9.02. The number of hydrogen-bond acceptors (Lipinski definition) is 4. The Hall–Kier alpha value is -2.34. The van der Waals surface area contributed by atoms with Crippen LogP contribution in [0.1, 0.15) is 43.6 Å². The number of hydrogen-bond donors (Lipinski definition) is 0. The Morgan fingerprint density at radius 2 is 2.04 bits per heavy atom. The van der Waals surface area contributed by atoms with Gasteiger partial charge in [-0.05, 0) is 45.2 Å². The number of nitrogens with zero attached hydrogens (tertiary/aromatic N) is 3. The molecule has 0 aliphatic carbocycles. The number of carbonyl (C=O) groups excluding carboxylic acids is 1. The molecular weight excluding hydrogens is 346 g/mol. The van der Waals surface area contributed by atoms with Crippen molar-refractivity contribution in [2.45, 2.75) is 45.2 Å². The van der Waals surface area contributed by atoms with Crippen LogP contribution in [0.3, 0.4) is 0 Å². The molecule has 2 atom stereocenters. The van der Waals surface area contributed by atoms with E-state index in [0.29, 0.717) is 5.69 Å². The summed E-state index contributed by atoms with van der Waals surface area (Å²) in [6, 6.07) is 8.39. The molecule has 1 saturated heterocycles. The van der Waals surface area contributed by atoms with E-state index in [1.807, 2.05) is 45.1 Å². The summed E-state index contributed by atoms with van der Waals surface area (Å²) in [6.45, 7) is 4.29. The van der Waals surface area contributed by atoms with Crippen LogP contribution in [0.25, 0.3) is 16.2 Å². The van der Waals surface area contributed by atoms with Crippen molar-refractivity contribution in [1.82, 2.24) is 14.3 Å². The summed E-state index contributed by atoms with van der Waals surface area (Å²) in [6.07, 6.45) is 5.29. The first-order valence-corrected chi connectivity index (χ1v) is 9.90. The lowest BCUT2D eigenvalue weighted by atomic mass is 9.97. The van der Waals surface area contributed by atoms with Gasteiger partial charge in [-0.25, -0.2) is 4.98 Å². The fraction of sp³-hybridized carbons (Fsp3) is 0.400. The zero-order valence-electron chi connectivity index (χ0n) is 15.3. The van der Waals surface area contributed by atoms with Crippen molar-refractivity contribution < 1.29 is 9.53 Å². The molecule has 0 saturated carbocycles. The quantitative estimate of drug-likeness (QED) is 0.684. The number of piperidine rings is 1. The lowest BCUT2D eigenvalue weighted by Crippen LogP contribution is -2.47. The summed E-state index contributed by atoms with van der Waals surface area (Å²) in [5.74, 6) is 0.900. The summed E-state index contributed by atoms with van der Waals surface area (Å²) in [5, 5.41) is 1.92. The number of thiazole rings is 1. The maximum absolute atomic E-state index is 13.2. The summed E-state index contributed by atoms with van der Waals surface area (Å²) in [7, 11) is 1.66. The van der Waals surface area contributed by atoms with Crippen LogP contribution < -0.4 is 4.74 Å². The highest BCUT2D eigenvalue weighted by Gasteiger charge is 2.31. The zero-order valence-corrected chi connectivity index (χ0v) is 16.1. The van der Waals surface area contributed by atoms with Crippen LogP contribution in [0.5, 0.6) is 5.75 Å². The molecule has 1 fully saturated rings. The van der Waals surface area contributed by atoms with Gasteiger partial charge in [-0.15, -0.1) is 11.3 Å². The molecule has 1 aliphatic rings. The van der Waals surface area contributed by atoms with Crippen molar-refractivity contribution in [2.24, 2.45) is 0 Å². The third-order valence-electron chi connectivity index (χ3n) is 5.22. The molecule has 0 spiro atoms. The van der Waals surface area contributed by atoms with Crippen LogP contribution in [-0.4, -0.2) is 39.4 Å². The highest BCUT2D eigenvalue weighted by Crippen LogP contribution is 2.29. The van der Waals surface area contributed by atoms with Gasteiger partial charge in [0.25, 0.3) is 5.91 Å². The SMILES string of the molecule is COc1cccc(-c2cn3c(C(=O)N4C(C)CCCC4C)csc3n2)c1. The molecule has 2 aromatic heterocycles. The van der Waals surface area contributed by atoms with Gasteiger partial charge in [0.2, 0.25) is 0 Å². The van der Waals surface area contributed by atoms with Gasteiger partial charge in [-0.1, -0.05) is 12.1 Å². The van der Waals surface area contributed by atoms with Gasteiger partial charge in [0.05, 0.1) is 12.8 Å². The van der Waals surface area contributed by atoms with Crippen LogP contribution in [-0.2, 0) is 0 Å². The summed E-state index contributed by atoms with van der Waals surface area (Å²) >= 11 is 1.51. The predicted molar refractivity (Wildman–Crippen MR) is 104 cm³/mol. The maximum Gasteiger partial charge on any atom is 0.272 e. The van der Waals surface area contributed by atoms with E-state index < -0.39 is 0 Å². The van der Waals surface area contributed by atoms with E-state index in [4.69, 9.17) is 9.72 Å². The van der Waals surface area contributed by atoms with E-state index in [9.17, 15) is 4.79 Å². The van der Waals surface area contributed by atoms with Crippen LogP contribution >= 0.6 is 11.3 Å². The van der Waals surface area contributed by atoms with Crippen molar-refractivity contribution in [3.05, 3.63) is 41.5 Å². The molecule has 1 aliphatic heterocycles. The molecular formula is C20H23N3O2S. The summed E-state index contributed by atoms with van der Waals surface area (Å²) in [5.41, 5.74) is 2.54. The van der Waals surface area contributed by atoms with E-state index in [2.05, 4.69) is 13.8 Å². The van der Waals surface area contributed by atoms with Gasteiger partial charge in [-0.3, -0.25) is 9.20 Å². The molecule has 1 aromatic carbocycles. The summed E-state index contributed by atoms with van der Waals surface area (Å²) in [4.78, 5) is 20.8. The van der Waals surface area contributed by atoms with E-state index >= 15 is 0 Å². The fourth-order valence-corrected chi connectivity index (χ4v) is 4.66. The predicted octanol–water partition coefficient (Wildman–Crippen LogP) is 4.47. The van der Waals surface area contributed by atoms with Gasteiger partial charge in [0, 0.05) is 29.2 Å². The Balaban J connectivity index is 1.71. The number of aromatic nitrogens is 2. The number of carbonyl (C=O) groups is 1. The van der Waals surface area contributed by atoms with Crippen LogP contribution in [0.4, 0.5) is 0 Å². The van der Waals surface area contributed by atoms with Gasteiger partial charge < -0.3 is 9.64 Å². The number of amides is 1. The van der Waals surface area contributed by atoms with Crippen molar-refractivity contribution in [3.8, 4) is 17.0 Å². The largest absolute Gasteiger partial charge is 0.497 e. The van der Waals surface area contributed by atoms with E-state index in [0.717, 1.165) is 34.8 Å². The minimum atomic E-state index is 0.102. The highest BCUT2D eigenvalue weighted by molar-refractivity contribution is 7.15. The summed E-state index contributed by atoms with van der Waals surface area (Å²) < 4.78 is 7.23. The Kier molecular flexibility index (Phi) is 4.44. The maximum atomic E-state index is 13.2. The lowest BCUT2D eigenvalue weighted by Gasteiger charge is -2.38. The average molecular weight is 369 g/mol. The monoisotopic (exact) mass is 369 g/mol. The minimum Gasteiger partial charge on any atom is -0.497 e. The van der Waals surface area contributed by atoms with Crippen molar-refractivity contribution >= 4 is 22.2 Å². The van der Waals surface area contributed by atoms with Crippen molar-refractivity contribution in [2.75, 3.05) is 7.11 Å². The number of imidazole rings is 1. The van der Waals surface area contributed by atoms with Crippen molar-refractivity contribution in [3.63, 3.8) is 0 Å². The van der Waals surface area contributed by atoms with E-state index in [-0.39, 0.29) is 18.0 Å². The number of fused-ring (bicyclic) bond motifs is 1. The molecule has 136 valence electrons. The van der Waals surface area contributed by atoms with Crippen LogP contribution in [0, 0.1) is 0 Å². The highest BCUT2D eigenvalue weighted by atomic mass is 32.1. The van der Waals surface area contributed by atoms with Gasteiger partial charge >= 0.3 is 0 Å². The van der Waals surface area contributed by atoms with Crippen LogP contribution in [0.2, 0.25) is 0 Å². The molecule has 6 heteroatoms. The lowest BCUT2D eigenvalue weighted by molar-refractivity contribution is 0.0504. The average Bonchev–Trinajstić information content (AvgIpc) is 3.22. The normalized spacial score (nSPS) is 20.5. The third kappa shape index (κ3) is 2.88. The molecule has 3 aromatic rings. The smallest absolute Gasteiger partial charge is 0.272 e. The second-order valence-corrected chi connectivity index (χ2v) is 7.81. The molecule has 0 bridgehead atoms. The standard InChI is InChI=1S/C20H23N3O2S/c1-13-6-4-7-14(2)23(13)19(24)18-12-26-20-21-17(11-22(18)20)15-8-5-9-16(10-15)25-3/h5,8-14H,4,6-7H2,1-3H3. The molecule has 1 amide bonds. The molecule has 0 N–H and O–H groups in total. The minimum absolute atomic E-state index is 0.102. The molecule has 26 heavy (non-hydrogen) atoms. The van der Waals surface area contributed by atoms with Gasteiger partial charge in [-0.2, -0.15) is 0 Å². The fourth-order valence-electron chi connectivity index (χ4n) is 3.81.